The molecule has 0 radical (unpaired) electrons. The zero-order valence-electron chi connectivity index (χ0n) is 24.7. The maximum absolute atomic E-state index is 13.1. The lowest BCUT2D eigenvalue weighted by Gasteiger charge is -2.24. The van der Waals surface area contributed by atoms with E-state index in [1.807, 2.05) is 33.2 Å². The molecule has 0 aliphatic heterocycles. The van der Waals surface area contributed by atoms with Crippen LogP contribution in [-0.4, -0.2) is 103 Å². The smallest absolute Gasteiger partial charge is 0.243 e. The Bertz CT molecular complexity index is 1260. The van der Waals surface area contributed by atoms with Gasteiger partial charge in [0.2, 0.25) is 21.8 Å². The lowest BCUT2D eigenvalue weighted by Crippen LogP contribution is -2.43. The average Bonchev–Trinajstić information content (AvgIpc) is 2.85. The number of nitrogens with zero attached hydrogens (tertiary/aromatic N) is 4. The molecule has 2 rings (SSSR count). The maximum atomic E-state index is 13.1. The quantitative estimate of drug-likeness (QED) is 0.399. The van der Waals surface area contributed by atoms with Gasteiger partial charge in [0.05, 0.1) is 25.1 Å². The topological polar surface area (TPSA) is 102 Å². The Morgan fingerprint density at radius 1 is 0.897 bits per heavy atom. The molecule has 0 aliphatic rings. The highest BCUT2D eigenvalue weighted by Gasteiger charge is 2.27. The summed E-state index contributed by atoms with van der Waals surface area (Å²) in [5.74, 6) is -0.277. The van der Waals surface area contributed by atoms with E-state index in [9.17, 15) is 18.0 Å². The lowest BCUT2D eigenvalue weighted by molar-refractivity contribution is -0.132. The minimum atomic E-state index is -3.92. The molecule has 0 aromatic heterocycles. The van der Waals surface area contributed by atoms with Crippen LogP contribution in [0.3, 0.4) is 0 Å². The van der Waals surface area contributed by atoms with E-state index in [4.69, 9.17) is 4.74 Å². The molecule has 0 saturated heterocycles. The normalized spacial score (nSPS) is 11.6. The van der Waals surface area contributed by atoms with Gasteiger partial charge in [0.1, 0.15) is 5.75 Å². The first-order valence-electron chi connectivity index (χ1n) is 12.7. The van der Waals surface area contributed by atoms with Crippen LogP contribution in [0.25, 0.3) is 0 Å². The Morgan fingerprint density at radius 2 is 1.51 bits per heavy atom. The van der Waals surface area contributed by atoms with Crippen molar-refractivity contribution in [3.63, 3.8) is 0 Å². The van der Waals surface area contributed by atoms with Crippen molar-refractivity contribution in [2.75, 3.05) is 73.4 Å². The Morgan fingerprint density at radius 3 is 2.05 bits per heavy atom. The molecule has 2 aromatic carbocycles. The third-order valence-corrected chi connectivity index (χ3v) is 8.73. The van der Waals surface area contributed by atoms with E-state index in [0.717, 1.165) is 34.2 Å². The minimum Gasteiger partial charge on any atom is -0.497 e. The number of hydrogen-bond acceptors (Lipinski definition) is 7. The molecular formula is C28H43N5O5S. The number of hydrogen-bond donors (Lipinski definition) is 1. The van der Waals surface area contributed by atoms with E-state index in [1.54, 1.807) is 37.9 Å². The Labute approximate surface area is 233 Å². The number of carbonyl (C=O) groups excluding carboxylic acids is 2. The van der Waals surface area contributed by atoms with Crippen molar-refractivity contribution in [2.24, 2.45) is 0 Å². The van der Waals surface area contributed by atoms with Gasteiger partial charge in [0, 0.05) is 46.5 Å². The number of benzene rings is 2. The zero-order chi connectivity index (χ0) is 29.5. The van der Waals surface area contributed by atoms with Gasteiger partial charge in [-0.2, -0.15) is 4.31 Å². The van der Waals surface area contributed by atoms with Gasteiger partial charge in [-0.05, 0) is 81.4 Å². The predicted molar refractivity (Wildman–Crippen MR) is 155 cm³/mol. The van der Waals surface area contributed by atoms with Crippen LogP contribution in [0.4, 0.5) is 5.69 Å². The number of carbonyl (C=O) groups is 2. The van der Waals surface area contributed by atoms with Crippen molar-refractivity contribution in [1.29, 1.82) is 0 Å². The molecular weight excluding hydrogens is 518 g/mol. The Balaban J connectivity index is 1.94. The van der Waals surface area contributed by atoms with Crippen molar-refractivity contribution in [3.05, 3.63) is 52.6 Å². The van der Waals surface area contributed by atoms with Crippen molar-refractivity contribution in [1.82, 2.24) is 19.4 Å². The van der Waals surface area contributed by atoms with Gasteiger partial charge in [-0.25, -0.2) is 8.42 Å². The van der Waals surface area contributed by atoms with Crippen LogP contribution < -0.4 is 15.0 Å². The zero-order valence-corrected chi connectivity index (χ0v) is 25.5. The highest BCUT2D eigenvalue weighted by molar-refractivity contribution is 7.89. The molecule has 0 aliphatic carbocycles. The molecule has 2 aromatic rings. The summed E-state index contributed by atoms with van der Waals surface area (Å²) >= 11 is 0. The van der Waals surface area contributed by atoms with Crippen LogP contribution in [-0.2, 0) is 26.2 Å². The number of amides is 2. The summed E-state index contributed by atoms with van der Waals surface area (Å²) in [6, 6.07) is 9.44. The van der Waals surface area contributed by atoms with Crippen LogP contribution in [0.15, 0.2) is 35.2 Å². The number of ether oxygens (including phenoxy) is 1. The molecule has 2 amide bonds. The summed E-state index contributed by atoms with van der Waals surface area (Å²) in [4.78, 5) is 31.2. The highest BCUT2D eigenvalue weighted by atomic mass is 32.2. The van der Waals surface area contributed by atoms with Gasteiger partial charge in [-0.1, -0.05) is 6.07 Å². The average molecular weight is 562 g/mol. The summed E-state index contributed by atoms with van der Waals surface area (Å²) in [6.07, 6.45) is 0. The number of anilines is 1. The molecule has 10 nitrogen and oxygen atoms in total. The standard InChI is InChI=1S/C28H43N5O5S/c1-20-14-24(31(6)13-12-30(4)5)11-10-23(20)18-32(7)27(35)17-29-26(34)19-33(8)39(36,37)28-21(2)15-25(38-9)16-22(28)3/h10-11,14-16H,12-13,17-19H2,1-9H3,(H,29,34). The van der Waals surface area contributed by atoms with Crippen LogP contribution in [0, 0.1) is 20.8 Å². The molecule has 0 bridgehead atoms. The van der Waals surface area contributed by atoms with E-state index in [0.29, 0.717) is 23.4 Å². The molecule has 216 valence electrons. The molecule has 11 heteroatoms. The second-order valence-corrected chi connectivity index (χ2v) is 12.2. The number of aryl methyl sites for hydroxylation is 3. The van der Waals surface area contributed by atoms with Gasteiger partial charge in [0.15, 0.2) is 0 Å². The van der Waals surface area contributed by atoms with Crippen LogP contribution in [0.5, 0.6) is 5.75 Å². The summed E-state index contributed by atoms with van der Waals surface area (Å²) in [7, 11) is 6.75. The van der Waals surface area contributed by atoms with Crippen molar-refractivity contribution >= 4 is 27.5 Å². The second-order valence-electron chi connectivity index (χ2n) is 10.2. The maximum Gasteiger partial charge on any atom is 0.243 e. The molecule has 0 atom stereocenters. The fourth-order valence-electron chi connectivity index (χ4n) is 4.16. The Hall–Kier alpha value is -3.15. The van der Waals surface area contributed by atoms with Crippen LogP contribution >= 0.6 is 0 Å². The second kappa shape index (κ2) is 13.8. The third kappa shape index (κ3) is 8.67. The van der Waals surface area contributed by atoms with Gasteiger partial charge in [-0.15, -0.1) is 0 Å². The molecule has 0 saturated carbocycles. The van der Waals surface area contributed by atoms with Gasteiger partial charge in [-0.3, -0.25) is 9.59 Å². The van der Waals surface area contributed by atoms with Gasteiger partial charge < -0.3 is 24.8 Å². The third-order valence-electron chi connectivity index (χ3n) is 6.62. The van der Waals surface area contributed by atoms with E-state index < -0.39 is 22.5 Å². The van der Waals surface area contributed by atoms with Crippen molar-refractivity contribution in [3.8, 4) is 5.75 Å². The van der Waals surface area contributed by atoms with Crippen molar-refractivity contribution in [2.45, 2.75) is 32.2 Å². The van der Waals surface area contributed by atoms with E-state index in [-0.39, 0.29) is 17.3 Å². The number of methoxy groups -OCH3 is 1. The minimum absolute atomic E-state index is 0.139. The molecule has 0 fully saturated rings. The molecule has 39 heavy (non-hydrogen) atoms. The summed E-state index contributed by atoms with van der Waals surface area (Å²) < 4.78 is 32.5. The first kappa shape index (κ1) is 32.1. The number of rotatable bonds is 13. The first-order valence-corrected chi connectivity index (χ1v) is 14.2. The van der Waals surface area contributed by atoms with Crippen molar-refractivity contribution < 1.29 is 22.7 Å². The molecule has 1 N–H and O–H groups in total. The largest absolute Gasteiger partial charge is 0.497 e. The highest BCUT2D eigenvalue weighted by Crippen LogP contribution is 2.27. The van der Waals surface area contributed by atoms with Gasteiger partial charge in [0.25, 0.3) is 0 Å². The number of nitrogens with one attached hydrogen (secondary N) is 1. The van der Waals surface area contributed by atoms with Crippen LogP contribution in [0.2, 0.25) is 0 Å². The lowest BCUT2D eigenvalue weighted by atomic mass is 10.1. The van der Waals surface area contributed by atoms with E-state index in [2.05, 4.69) is 28.2 Å². The monoisotopic (exact) mass is 561 g/mol. The summed E-state index contributed by atoms with van der Waals surface area (Å²) in [5.41, 5.74) is 4.25. The fourth-order valence-corrected chi connectivity index (χ4v) is 5.69. The Kier molecular flexibility index (Phi) is 11.3. The predicted octanol–water partition coefficient (Wildman–Crippen LogP) is 2.01. The SMILES string of the molecule is COc1cc(C)c(S(=O)(=O)N(C)CC(=O)NCC(=O)N(C)Cc2ccc(N(C)CCN(C)C)cc2C)c(C)c1. The summed E-state index contributed by atoms with van der Waals surface area (Å²) in [5, 5.41) is 2.55. The van der Waals surface area contributed by atoms with E-state index >= 15 is 0 Å². The fraction of sp³-hybridized carbons (Fsp3) is 0.500. The molecule has 0 spiro atoms. The van der Waals surface area contributed by atoms with Crippen LogP contribution in [0.1, 0.15) is 22.3 Å². The number of likely N-dealkylation sites (N-methyl/N-ethyl adjacent to an activating group) is 4. The van der Waals surface area contributed by atoms with E-state index in [1.165, 1.54) is 14.2 Å². The number of sulfonamides is 1. The summed E-state index contributed by atoms with van der Waals surface area (Å²) in [6.45, 7) is 6.99. The van der Waals surface area contributed by atoms with Gasteiger partial charge >= 0.3 is 0 Å². The first-order chi connectivity index (χ1) is 18.2. The molecule has 0 unspecified atom stereocenters. The molecule has 0 heterocycles.